The highest BCUT2D eigenvalue weighted by Crippen LogP contribution is 2.43. The third-order valence-electron chi connectivity index (χ3n) is 3.79. The molecule has 2 heterocycles. The summed E-state index contributed by atoms with van der Waals surface area (Å²) < 4.78 is 16.0. The lowest BCUT2D eigenvalue weighted by atomic mass is 9.77. The second-order valence-corrected chi connectivity index (χ2v) is 4.97. The molecule has 2 fully saturated rings. The minimum absolute atomic E-state index is 0.205. The van der Waals surface area contributed by atoms with Gasteiger partial charge in [-0.25, -0.2) is 0 Å². The van der Waals surface area contributed by atoms with Crippen molar-refractivity contribution in [2.75, 3.05) is 13.7 Å². The second-order valence-electron chi connectivity index (χ2n) is 4.97. The van der Waals surface area contributed by atoms with E-state index in [2.05, 4.69) is 10.5 Å². The summed E-state index contributed by atoms with van der Waals surface area (Å²) >= 11 is 0. The molecule has 94 valence electrons. The first-order valence-electron chi connectivity index (χ1n) is 6.17. The summed E-state index contributed by atoms with van der Waals surface area (Å²) in [6, 6.07) is 2.24. The topological polar surface area (TPSA) is 56.5 Å². The van der Waals surface area contributed by atoms with Crippen LogP contribution in [0.1, 0.15) is 31.4 Å². The molecule has 3 rings (SSSR count). The number of rotatable bonds is 4. The SMILES string of the molecule is COc1cc(CNC2COC3(CCC3)C2)on1. The maximum Gasteiger partial charge on any atom is 0.254 e. The molecule has 1 saturated heterocycles. The zero-order valence-electron chi connectivity index (χ0n) is 10.1. The van der Waals surface area contributed by atoms with E-state index in [0.717, 1.165) is 18.8 Å². The van der Waals surface area contributed by atoms with E-state index in [1.54, 1.807) is 7.11 Å². The monoisotopic (exact) mass is 238 g/mol. The van der Waals surface area contributed by atoms with Crippen LogP contribution in [0.2, 0.25) is 0 Å². The van der Waals surface area contributed by atoms with Gasteiger partial charge in [-0.3, -0.25) is 0 Å². The molecule has 1 aliphatic heterocycles. The molecule has 1 spiro atoms. The number of hydrogen-bond acceptors (Lipinski definition) is 5. The van der Waals surface area contributed by atoms with Gasteiger partial charge >= 0.3 is 0 Å². The van der Waals surface area contributed by atoms with Crippen LogP contribution in [0.5, 0.6) is 5.88 Å². The Balaban J connectivity index is 1.48. The van der Waals surface area contributed by atoms with Gasteiger partial charge in [0.1, 0.15) is 0 Å². The molecule has 2 aliphatic rings. The van der Waals surface area contributed by atoms with Crippen LogP contribution in [-0.2, 0) is 11.3 Å². The smallest absolute Gasteiger partial charge is 0.254 e. The molecule has 1 atom stereocenters. The molecular weight excluding hydrogens is 220 g/mol. The van der Waals surface area contributed by atoms with Gasteiger partial charge in [0.25, 0.3) is 5.88 Å². The van der Waals surface area contributed by atoms with Crippen LogP contribution >= 0.6 is 0 Å². The average Bonchev–Trinajstić information content (AvgIpc) is 2.92. The molecule has 0 radical (unpaired) electrons. The van der Waals surface area contributed by atoms with Gasteiger partial charge in [-0.05, 0) is 30.8 Å². The van der Waals surface area contributed by atoms with Crippen LogP contribution in [0.15, 0.2) is 10.6 Å². The molecule has 0 bridgehead atoms. The lowest BCUT2D eigenvalue weighted by Crippen LogP contribution is -2.37. The van der Waals surface area contributed by atoms with Gasteiger partial charge in [0, 0.05) is 12.1 Å². The van der Waals surface area contributed by atoms with Gasteiger partial charge in [-0.15, -0.1) is 0 Å². The van der Waals surface area contributed by atoms with Crippen LogP contribution in [0.4, 0.5) is 0 Å². The van der Waals surface area contributed by atoms with Crippen molar-refractivity contribution in [2.24, 2.45) is 0 Å². The number of methoxy groups -OCH3 is 1. The number of hydrogen-bond donors (Lipinski definition) is 1. The molecule has 1 aliphatic carbocycles. The van der Waals surface area contributed by atoms with Crippen LogP contribution in [-0.4, -0.2) is 30.5 Å². The Bertz CT molecular complexity index is 387. The van der Waals surface area contributed by atoms with Gasteiger partial charge in [-0.2, -0.15) is 0 Å². The number of nitrogens with one attached hydrogen (secondary N) is 1. The molecule has 0 amide bonds. The van der Waals surface area contributed by atoms with Gasteiger partial charge < -0.3 is 19.3 Å². The van der Waals surface area contributed by atoms with Crippen molar-refractivity contribution in [1.29, 1.82) is 0 Å². The summed E-state index contributed by atoms with van der Waals surface area (Å²) in [4.78, 5) is 0. The fourth-order valence-corrected chi connectivity index (χ4v) is 2.61. The fraction of sp³-hybridized carbons (Fsp3) is 0.750. The van der Waals surface area contributed by atoms with Crippen molar-refractivity contribution >= 4 is 0 Å². The maximum atomic E-state index is 5.87. The Labute approximate surface area is 100 Å². The standard InChI is InChI=1S/C12H18N2O3/c1-15-11-5-10(17-14-11)7-13-9-6-12(16-8-9)3-2-4-12/h5,9,13H,2-4,6-8H2,1H3. The minimum atomic E-state index is 0.205. The molecule has 1 aromatic heterocycles. The van der Waals surface area contributed by atoms with E-state index < -0.39 is 0 Å². The predicted molar refractivity (Wildman–Crippen MR) is 60.8 cm³/mol. The Morgan fingerprint density at radius 1 is 1.59 bits per heavy atom. The van der Waals surface area contributed by atoms with E-state index in [1.165, 1.54) is 19.3 Å². The lowest BCUT2D eigenvalue weighted by Gasteiger charge is -2.37. The quantitative estimate of drug-likeness (QED) is 0.861. The van der Waals surface area contributed by atoms with Crippen molar-refractivity contribution in [3.8, 4) is 5.88 Å². The molecule has 17 heavy (non-hydrogen) atoms. The molecule has 0 aromatic carbocycles. The average molecular weight is 238 g/mol. The van der Waals surface area contributed by atoms with E-state index in [9.17, 15) is 0 Å². The van der Waals surface area contributed by atoms with Crippen LogP contribution in [0.3, 0.4) is 0 Å². The molecule has 1 saturated carbocycles. The molecule has 1 unspecified atom stereocenters. The van der Waals surface area contributed by atoms with E-state index >= 15 is 0 Å². The van der Waals surface area contributed by atoms with E-state index in [4.69, 9.17) is 14.0 Å². The van der Waals surface area contributed by atoms with E-state index in [-0.39, 0.29) is 5.60 Å². The lowest BCUT2D eigenvalue weighted by molar-refractivity contribution is -0.0563. The van der Waals surface area contributed by atoms with Gasteiger partial charge in [-0.1, -0.05) is 0 Å². The van der Waals surface area contributed by atoms with E-state index in [1.807, 2.05) is 6.07 Å². The van der Waals surface area contributed by atoms with Crippen LogP contribution in [0.25, 0.3) is 0 Å². The van der Waals surface area contributed by atoms with Gasteiger partial charge in [0.05, 0.1) is 25.9 Å². The minimum Gasteiger partial charge on any atom is -0.479 e. The number of aromatic nitrogens is 1. The molecule has 1 N–H and O–H groups in total. The highest BCUT2D eigenvalue weighted by Gasteiger charge is 2.44. The highest BCUT2D eigenvalue weighted by atomic mass is 16.5. The van der Waals surface area contributed by atoms with Crippen LogP contribution in [0, 0.1) is 0 Å². The summed E-state index contributed by atoms with van der Waals surface area (Å²) in [5, 5.41) is 7.21. The normalized spacial score (nSPS) is 26.1. The first-order valence-corrected chi connectivity index (χ1v) is 6.17. The van der Waals surface area contributed by atoms with Crippen molar-refractivity contribution in [3.63, 3.8) is 0 Å². The third-order valence-corrected chi connectivity index (χ3v) is 3.79. The second kappa shape index (κ2) is 4.31. The fourth-order valence-electron chi connectivity index (χ4n) is 2.61. The molecule has 1 aromatic rings. The summed E-state index contributed by atoms with van der Waals surface area (Å²) in [6.07, 6.45) is 4.88. The Morgan fingerprint density at radius 3 is 3.06 bits per heavy atom. The zero-order valence-corrected chi connectivity index (χ0v) is 10.1. The molecular formula is C12H18N2O3. The Kier molecular flexibility index (Phi) is 2.80. The summed E-state index contributed by atoms with van der Waals surface area (Å²) in [5.41, 5.74) is 0.205. The zero-order chi connectivity index (χ0) is 11.7. The highest BCUT2D eigenvalue weighted by molar-refractivity contribution is 5.10. The van der Waals surface area contributed by atoms with Crippen molar-refractivity contribution in [1.82, 2.24) is 10.5 Å². The van der Waals surface area contributed by atoms with Gasteiger partial charge in [0.15, 0.2) is 5.76 Å². The number of ether oxygens (including phenoxy) is 2. The van der Waals surface area contributed by atoms with Crippen molar-refractivity contribution in [2.45, 2.75) is 43.9 Å². The van der Waals surface area contributed by atoms with E-state index in [0.29, 0.717) is 18.5 Å². The van der Waals surface area contributed by atoms with Gasteiger partial charge in [0.2, 0.25) is 0 Å². The Hall–Kier alpha value is -1.07. The third kappa shape index (κ3) is 2.17. The molecule has 5 nitrogen and oxygen atoms in total. The van der Waals surface area contributed by atoms with Crippen molar-refractivity contribution < 1.29 is 14.0 Å². The van der Waals surface area contributed by atoms with Crippen LogP contribution < -0.4 is 10.1 Å². The largest absolute Gasteiger partial charge is 0.479 e. The Morgan fingerprint density at radius 2 is 2.47 bits per heavy atom. The van der Waals surface area contributed by atoms with Crippen molar-refractivity contribution in [3.05, 3.63) is 11.8 Å². The first kappa shape index (κ1) is 11.0. The number of nitrogens with zero attached hydrogens (tertiary/aromatic N) is 1. The summed E-state index contributed by atoms with van der Waals surface area (Å²) in [5.74, 6) is 1.33. The maximum absolute atomic E-state index is 5.87. The molecule has 5 heteroatoms. The summed E-state index contributed by atoms with van der Waals surface area (Å²) in [7, 11) is 1.58. The summed E-state index contributed by atoms with van der Waals surface area (Å²) in [6.45, 7) is 1.49. The first-order chi connectivity index (χ1) is 8.30. The predicted octanol–water partition coefficient (Wildman–Crippen LogP) is 1.48.